The summed E-state index contributed by atoms with van der Waals surface area (Å²) in [7, 11) is 1.81. The van der Waals surface area contributed by atoms with E-state index in [1.165, 1.54) is 0 Å². The zero-order valence-electron chi connectivity index (χ0n) is 8.65. The van der Waals surface area contributed by atoms with Crippen molar-refractivity contribution in [3.8, 4) is 0 Å². The van der Waals surface area contributed by atoms with Gasteiger partial charge in [-0.1, -0.05) is 12.1 Å². The summed E-state index contributed by atoms with van der Waals surface area (Å²) < 4.78 is 0. The number of rotatable bonds is 5. The van der Waals surface area contributed by atoms with E-state index in [0.717, 1.165) is 5.69 Å². The van der Waals surface area contributed by atoms with Crippen molar-refractivity contribution in [1.82, 2.24) is 0 Å². The Labute approximate surface area is 94.7 Å². The molecule has 0 amide bonds. The first-order valence-corrected chi connectivity index (χ1v) is 5.42. The van der Waals surface area contributed by atoms with Gasteiger partial charge in [-0.25, -0.2) is 0 Å². The summed E-state index contributed by atoms with van der Waals surface area (Å²) in [5, 5.41) is 22.4. The number of aliphatic hydroxyl groups is 2. The third-order valence-electron chi connectivity index (χ3n) is 2.29. The molecule has 15 heavy (non-hydrogen) atoms. The first-order valence-electron chi connectivity index (χ1n) is 4.89. The summed E-state index contributed by atoms with van der Waals surface area (Å²) in [6.07, 6.45) is -1.31. The van der Waals surface area contributed by atoms with Crippen LogP contribution in [-0.4, -0.2) is 29.2 Å². The van der Waals surface area contributed by atoms with Crippen molar-refractivity contribution in [1.29, 1.82) is 0 Å². The van der Waals surface area contributed by atoms with Gasteiger partial charge in [-0.15, -0.1) is 11.6 Å². The molecule has 3 nitrogen and oxygen atoms in total. The van der Waals surface area contributed by atoms with Gasteiger partial charge in [-0.2, -0.15) is 0 Å². The van der Waals surface area contributed by atoms with Gasteiger partial charge in [-0.05, 0) is 24.1 Å². The minimum absolute atomic E-state index is 0.337. The maximum absolute atomic E-state index is 9.80. The summed E-state index contributed by atoms with van der Waals surface area (Å²) in [6, 6.07) is 7.31. The lowest BCUT2D eigenvalue weighted by Gasteiger charge is -2.17. The minimum atomic E-state index is -0.878. The molecule has 0 aliphatic carbocycles. The van der Waals surface area contributed by atoms with E-state index in [1.807, 2.05) is 18.2 Å². The van der Waals surface area contributed by atoms with E-state index in [1.54, 1.807) is 13.1 Å². The zero-order valence-corrected chi connectivity index (χ0v) is 9.41. The van der Waals surface area contributed by atoms with Gasteiger partial charge in [0.25, 0.3) is 0 Å². The first kappa shape index (κ1) is 12.3. The Morgan fingerprint density at radius 1 is 1.40 bits per heavy atom. The van der Waals surface area contributed by atoms with Crippen LogP contribution in [0, 0.1) is 0 Å². The monoisotopic (exact) mass is 229 g/mol. The molecule has 4 heteroatoms. The lowest BCUT2D eigenvalue weighted by atomic mass is 10.0. The van der Waals surface area contributed by atoms with Crippen LogP contribution in [0.1, 0.15) is 18.1 Å². The largest absolute Gasteiger partial charge is 0.390 e. The summed E-state index contributed by atoms with van der Waals surface area (Å²) in [5.41, 5.74) is 1.60. The first-order chi connectivity index (χ1) is 7.19. The van der Waals surface area contributed by atoms with E-state index in [2.05, 4.69) is 5.32 Å². The molecular weight excluding hydrogens is 214 g/mol. The molecule has 2 unspecified atom stereocenters. The zero-order chi connectivity index (χ0) is 11.3. The van der Waals surface area contributed by atoms with E-state index in [9.17, 15) is 10.2 Å². The molecule has 0 radical (unpaired) electrons. The molecule has 0 aliphatic rings. The van der Waals surface area contributed by atoms with Gasteiger partial charge in [0.05, 0.1) is 6.10 Å². The SMILES string of the molecule is CNc1cccc(C(O)C(O)CCCl)c1. The molecular formula is C11H16ClNO2. The van der Waals surface area contributed by atoms with Crippen molar-refractivity contribution in [2.75, 3.05) is 18.2 Å². The summed E-state index contributed by atoms with van der Waals surface area (Å²) in [6.45, 7) is 0. The number of halogens is 1. The van der Waals surface area contributed by atoms with Crippen molar-refractivity contribution in [3.63, 3.8) is 0 Å². The number of hydrogen-bond acceptors (Lipinski definition) is 3. The van der Waals surface area contributed by atoms with E-state index in [0.29, 0.717) is 17.9 Å². The van der Waals surface area contributed by atoms with E-state index < -0.39 is 12.2 Å². The van der Waals surface area contributed by atoms with Gasteiger partial charge >= 0.3 is 0 Å². The van der Waals surface area contributed by atoms with Crippen LogP contribution >= 0.6 is 11.6 Å². The Hall–Kier alpha value is -0.770. The molecule has 84 valence electrons. The van der Waals surface area contributed by atoms with Crippen LogP contribution in [0.5, 0.6) is 0 Å². The predicted octanol–water partition coefficient (Wildman–Crippen LogP) is 1.75. The van der Waals surface area contributed by atoms with Crippen LogP contribution in [0.2, 0.25) is 0 Å². The van der Waals surface area contributed by atoms with Gasteiger partial charge in [0.1, 0.15) is 6.10 Å². The second kappa shape index (κ2) is 5.95. The number of hydrogen-bond donors (Lipinski definition) is 3. The van der Waals surface area contributed by atoms with Gasteiger partial charge < -0.3 is 15.5 Å². The molecule has 0 aliphatic heterocycles. The standard InChI is InChI=1S/C11H16ClNO2/c1-13-9-4-2-3-8(7-9)11(15)10(14)5-6-12/h2-4,7,10-11,13-15H,5-6H2,1H3. The number of benzene rings is 1. The Morgan fingerprint density at radius 3 is 2.73 bits per heavy atom. The number of nitrogens with one attached hydrogen (secondary N) is 1. The molecule has 0 fully saturated rings. The molecule has 0 aromatic heterocycles. The highest BCUT2D eigenvalue weighted by Gasteiger charge is 2.17. The smallest absolute Gasteiger partial charge is 0.105 e. The van der Waals surface area contributed by atoms with Crippen molar-refractivity contribution in [3.05, 3.63) is 29.8 Å². The molecule has 0 bridgehead atoms. The quantitative estimate of drug-likeness (QED) is 0.675. The maximum atomic E-state index is 9.80. The number of alkyl halides is 1. The predicted molar refractivity (Wildman–Crippen MR) is 62.3 cm³/mol. The van der Waals surface area contributed by atoms with E-state index in [-0.39, 0.29) is 0 Å². The second-order valence-corrected chi connectivity index (χ2v) is 3.74. The fraction of sp³-hybridized carbons (Fsp3) is 0.455. The van der Waals surface area contributed by atoms with Gasteiger partial charge in [-0.3, -0.25) is 0 Å². The van der Waals surface area contributed by atoms with Gasteiger partial charge in [0, 0.05) is 18.6 Å². The van der Waals surface area contributed by atoms with Crippen molar-refractivity contribution in [2.24, 2.45) is 0 Å². The number of anilines is 1. The van der Waals surface area contributed by atoms with Crippen LogP contribution in [0.25, 0.3) is 0 Å². The molecule has 0 spiro atoms. The Kier molecular flexibility index (Phi) is 4.88. The van der Waals surface area contributed by atoms with Crippen LogP contribution < -0.4 is 5.32 Å². The summed E-state index contributed by atoms with van der Waals surface area (Å²) in [4.78, 5) is 0. The van der Waals surface area contributed by atoms with Crippen molar-refractivity contribution < 1.29 is 10.2 Å². The van der Waals surface area contributed by atoms with Crippen LogP contribution in [-0.2, 0) is 0 Å². The van der Waals surface area contributed by atoms with Crippen molar-refractivity contribution in [2.45, 2.75) is 18.6 Å². The number of aliphatic hydroxyl groups excluding tert-OH is 2. The van der Waals surface area contributed by atoms with Gasteiger partial charge in [0.15, 0.2) is 0 Å². The normalized spacial score (nSPS) is 14.7. The molecule has 1 rings (SSSR count). The minimum Gasteiger partial charge on any atom is -0.390 e. The summed E-state index contributed by atoms with van der Waals surface area (Å²) in [5.74, 6) is 0.337. The van der Waals surface area contributed by atoms with Crippen LogP contribution in [0.3, 0.4) is 0 Å². The fourth-order valence-electron chi connectivity index (χ4n) is 1.37. The summed E-state index contributed by atoms with van der Waals surface area (Å²) >= 11 is 5.50. The van der Waals surface area contributed by atoms with E-state index >= 15 is 0 Å². The Balaban J connectivity index is 2.76. The third kappa shape index (κ3) is 3.38. The highest BCUT2D eigenvalue weighted by atomic mass is 35.5. The lowest BCUT2D eigenvalue weighted by Crippen LogP contribution is -2.18. The highest BCUT2D eigenvalue weighted by molar-refractivity contribution is 6.17. The fourth-order valence-corrected chi connectivity index (χ4v) is 1.59. The molecule has 1 aromatic carbocycles. The van der Waals surface area contributed by atoms with Crippen molar-refractivity contribution >= 4 is 17.3 Å². The molecule has 1 aromatic rings. The second-order valence-electron chi connectivity index (χ2n) is 3.37. The highest BCUT2D eigenvalue weighted by Crippen LogP contribution is 2.21. The topological polar surface area (TPSA) is 52.5 Å². The molecule has 0 saturated carbocycles. The molecule has 0 heterocycles. The average Bonchev–Trinajstić information content (AvgIpc) is 2.28. The Morgan fingerprint density at radius 2 is 2.13 bits per heavy atom. The third-order valence-corrected chi connectivity index (χ3v) is 2.50. The van der Waals surface area contributed by atoms with Gasteiger partial charge in [0.2, 0.25) is 0 Å². The molecule has 0 saturated heterocycles. The maximum Gasteiger partial charge on any atom is 0.105 e. The average molecular weight is 230 g/mol. The van der Waals surface area contributed by atoms with E-state index in [4.69, 9.17) is 11.6 Å². The lowest BCUT2D eigenvalue weighted by molar-refractivity contribution is 0.0170. The Bertz CT molecular complexity index is 306. The molecule has 2 atom stereocenters. The van der Waals surface area contributed by atoms with Crippen LogP contribution in [0.4, 0.5) is 5.69 Å². The molecule has 3 N–H and O–H groups in total. The van der Waals surface area contributed by atoms with Crippen LogP contribution in [0.15, 0.2) is 24.3 Å².